The van der Waals surface area contributed by atoms with E-state index < -0.39 is 21.6 Å². The van der Waals surface area contributed by atoms with E-state index in [-0.39, 0.29) is 29.4 Å². The first-order chi connectivity index (χ1) is 11.3. The van der Waals surface area contributed by atoms with E-state index in [9.17, 15) is 17.6 Å². The molecule has 0 aromatic heterocycles. The summed E-state index contributed by atoms with van der Waals surface area (Å²) in [4.78, 5) is 12.3. The Kier molecular flexibility index (Phi) is 5.56. The van der Waals surface area contributed by atoms with Gasteiger partial charge in [0, 0.05) is 11.8 Å². The third-order valence-corrected chi connectivity index (χ3v) is 4.47. The highest BCUT2D eigenvalue weighted by Gasteiger charge is 2.14. The van der Waals surface area contributed by atoms with E-state index in [0.29, 0.717) is 5.56 Å². The van der Waals surface area contributed by atoms with E-state index >= 15 is 0 Å². The summed E-state index contributed by atoms with van der Waals surface area (Å²) >= 11 is 0. The highest BCUT2D eigenvalue weighted by molar-refractivity contribution is 7.90. The van der Waals surface area contributed by atoms with Gasteiger partial charge < -0.3 is 10.1 Å². The molecule has 0 fully saturated rings. The molecule has 0 aliphatic carbocycles. The van der Waals surface area contributed by atoms with Crippen LogP contribution in [0.5, 0.6) is 5.75 Å². The minimum absolute atomic E-state index is 0.0841. The fraction of sp³-hybridized carbons (Fsp3) is 0.235. The Labute approximate surface area is 140 Å². The first-order valence-electron chi connectivity index (χ1n) is 7.25. The van der Waals surface area contributed by atoms with Gasteiger partial charge in [-0.1, -0.05) is 18.2 Å². The molecule has 2 rings (SSSR count). The molecule has 24 heavy (non-hydrogen) atoms. The number of sulfone groups is 1. The second-order valence-corrected chi connectivity index (χ2v) is 7.30. The van der Waals surface area contributed by atoms with Crippen LogP contribution >= 0.6 is 0 Å². The van der Waals surface area contributed by atoms with Crippen LogP contribution in [0, 0.1) is 12.7 Å². The number of rotatable bonds is 6. The number of hydrogen-bond donors (Lipinski definition) is 1. The average molecular weight is 351 g/mol. The van der Waals surface area contributed by atoms with Gasteiger partial charge in [-0.15, -0.1) is 0 Å². The molecule has 2 aromatic rings. The number of benzene rings is 2. The van der Waals surface area contributed by atoms with Crippen LogP contribution in [0.15, 0.2) is 47.4 Å². The Hall–Kier alpha value is -2.41. The lowest BCUT2D eigenvalue weighted by molar-refractivity contribution is 0.0946. The molecule has 0 radical (unpaired) electrons. The number of carbonyl (C=O) groups excluding carboxylic acids is 1. The number of para-hydroxylation sites is 1. The summed E-state index contributed by atoms with van der Waals surface area (Å²) in [5.41, 5.74) is 0.943. The zero-order valence-electron chi connectivity index (χ0n) is 13.4. The van der Waals surface area contributed by atoms with E-state index in [4.69, 9.17) is 4.74 Å². The molecule has 0 bridgehead atoms. The number of ether oxygens (including phenoxy) is 1. The zero-order chi connectivity index (χ0) is 17.7. The Bertz CT molecular complexity index is 849. The monoisotopic (exact) mass is 351 g/mol. The number of aryl methyl sites for hydroxylation is 1. The topological polar surface area (TPSA) is 72.5 Å². The van der Waals surface area contributed by atoms with Gasteiger partial charge in [0.1, 0.15) is 6.61 Å². The Morgan fingerprint density at radius 3 is 2.58 bits per heavy atom. The molecule has 0 aliphatic heterocycles. The minimum atomic E-state index is -3.39. The van der Waals surface area contributed by atoms with E-state index in [1.807, 2.05) is 0 Å². The predicted molar refractivity (Wildman–Crippen MR) is 88.5 cm³/mol. The molecule has 128 valence electrons. The SMILES string of the molecule is Cc1ccc(S(C)(=O)=O)cc1C(=O)NCCOc1ccccc1F. The van der Waals surface area contributed by atoms with Crippen molar-refractivity contribution in [1.29, 1.82) is 0 Å². The Balaban J connectivity index is 1.97. The van der Waals surface area contributed by atoms with Crippen LogP contribution in [0.1, 0.15) is 15.9 Å². The van der Waals surface area contributed by atoms with Crippen LogP contribution < -0.4 is 10.1 Å². The molecule has 0 saturated heterocycles. The molecule has 1 N–H and O–H groups in total. The van der Waals surface area contributed by atoms with Crippen molar-refractivity contribution in [2.45, 2.75) is 11.8 Å². The van der Waals surface area contributed by atoms with Crippen molar-refractivity contribution in [3.63, 3.8) is 0 Å². The summed E-state index contributed by atoms with van der Waals surface area (Å²) in [6.45, 7) is 1.98. The molecule has 1 amide bonds. The summed E-state index contributed by atoms with van der Waals surface area (Å²) < 4.78 is 41.8. The smallest absolute Gasteiger partial charge is 0.251 e. The van der Waals surface area contributed by atoms with Gasteiger partial charge in [0.25, 0.3) is 5.91 Å². The van der Waals surface area contributed by atoms with Gasteiger partial charge in [-0.25, -0.2) is 12.8 Å². The molecule has 0 spiro atoms. The fourth-order valence-corrected chi connectivity index (χ4v) is 2.71. The maximum absolute atomic E-state index is 13.4. The maximum Gasteiger partial charge on any atom is 0.251 e. The number of hydrogen-bond acceptors (Lipinski definition) is 4. The molecule has 0 atom stereocenters. The standard InChI is InChI=1S/C17H18FNO4S/c1-12-7-8-13(24(2,21)22)11-14(12)17(20)19-9-10-23-16-6-4-3-5-15(16)18/h3-8,11H,9-10H2,1-2H3,(H,19,20). The molecule has 0 aliphatic rings. The van der Waals surface area contributed by atoms with Crippen LogP contribution in [0.2, 0.25) is 0 Å². The van der Waals surface area contributed by atoms with Crippen LogP contribution in [0.4, 0.5) is 4.39 Å². The Morgan fingerprint density at radius 1 is 1.21 bits per heavy atom. The van der Waals surface area contributed by atoms with Crippen molar-refractivity contribution < 1.29 is 22.3 Å². The third-order valence-electron chi connectivity index (χ3n) is 3.36. The molecule has 7 heteroatoms. The lowest BCUT2D eigenvalue weighted by Gasteiger charge is -2.10. The van der Waals surface area contributed by atoms with Crippen LogP contribution in [-0.4, -0.2) is 33.7 Å². The maximum atomic E-state index is 13.4. The van der Waals surface area contributed by atoms with E-state index in [1.165, 1.54) is 24.3 Å². The molecule has 5 nitrogen and oxygen atoms in total. The average Bonchev–Trinajstić information content (AvgIpc) is 2.52. The van der Waals surface area contributed by atoms with Crippen molar-refractivity contribution in [2.75, 3.05) is 19.4 Å². The van der Waals surface area contributed by atoms with Gasteiger partial charge in [-0.3, -0.25) is 4.79 Å². The number of nitrogens with one attached hydrogen (secondary N) is 1. The van der Waals surface area contributed by atoms with Gasteiger partial charge in [-0.05, 0) is 36.8 Å². The van der Waals surface area contributed by atoms with Crippen LogP contribution in [-0.2, 0) is 9.84 Å². The first-order valence-corrected chi connectivity index (χ1v) is 9.14. The lowest BCUT2D eigenvalue weighted by Crippen LogP contribution is -2.29. The Morgan fingerprint density at radius 2 is 1.92 bits per heavy atom. The summed E-state index contributed by atoms with van der Waals surface area (Å²) in [5, 5.41) is 2.63. The molecule has 0 saturated carbocycles. The van der Waals surface area contributed by atoms with Crippen molar-refractivity contribution in [2.24, 2.45) is 0 Å². The fourth-order valence-electron chi connectivity index (χ4n) is 2.06. The number of halogens is 1. The van der Waals surface area contributed by atoms with Gasteiger partial charge in [-0.2, -0.15) is 0 Å². The highest BCUT2D eigenvalue weighted by Crippen LogP contribution is 2.16. The molecule has 0 unspecified atom stereocenters. The van der Waals surface area contributed by atoms with Crippen LogP contribution in [0.3, 0.4) is 0 Å². The molecule has 2 aromatic carbocycles. The summed E-state index contributed by atoms with van der Waals surface area (Å²) in [6.07, 6.45) is 1.08. The number of carbonyl (C=O) groups is 1. The van der Waals surface area contributed by atoms with E-state index in [1.54, 1.807) is 25.1 Å². The third kappa shape index (κ3) is 4.55. The van der Waals surface area contributed by atoms with Crippen molar-refractivity contribution in [3.05, 3.63) is 59.4 Å². The molecular weight excluding hydrogens is 333 g/mol. The zero-order valence-corrected chi connectivity index (χ0v) is 14.2. The van der Waals surface area contributed by atoms with Gasteiger partial charge in [0.05, 0.1) is 11.4 Å². The summed E-state index contributed by atoms with van der Waals surface area (Å²) in [7, 11) is -3.39. The van der Waals surface area contributed by atoms with Crippen molar-refractivity contribution in [1.82, 2.24) is 5.32 Å². The van der Waals surface area contributed by atoms with E-state index in [2.05, 4.69) is 5.32 Å². The second kappa shape index (κ2) is 7.44. The largest absolute Gasteiger partial charge is 0.489 e. The van der Waals surface area contributed by atoms with E-state index in [0.717, 1.165) is 6.26 Å². The van der Waals surface area contributed by atoms with Crippen molar-refractivity contribution in [3.8, 4) is 5.75 Å². The van der Waals surface area contributed by atoms with Crippen LogP contribution in [0.25, 0.3) is 0 Å². The quantitative estimate of drug-likeness (QED) is 0.811. The van der Waals surface area contributed by atoms with Crippen molar-refractivity contribution >= 4 is 15.7 Å². The predicted octanol–water partition coefficient (Wildman–Crippen LogP) is 2.35. The minimum Gasteiger partial charge on any atom is -0.489 e. The van der Waals surface area contributed by atoms with Gasteiger partial charge in [0.2, 0.25) is 0 Å². The normalized spacial score (nSPS) is 11.1. The lowest BCUT2D eigenvalue weighted by atomic mass is 10.1. The summed E-state index contributed by atoms with van der Waals surface area (Å²) in [5.74, 6) is -0.766. The number of amides is 1. The first kappa shape index (κ1) is 17.9. The molecule has 0 heterocycles. The van der Waals surface area contributed by atoms with Gasteiger partial charge in [0.15, 0.2) is 21.4 Å². The molecular formula is C17H18FNO4S. The van der Waals surface area contributed by atoms with Gasteiger partial charge >= 0.3 is 0 Å². The highest BCUT2D eigenvalue weighted by atomic mass is 32.2. The summed E-state index contributed by atoms with van der Waals surface area (Å²) in [6, 6.07) is 10.4. The second-order valence-electron chi connectivity index (χ2n) is 5.28.